The summed E-state index contributed by atoms with van der Waals surface area (Å²) >= 11 is 4.16. The molecule has 0 unspecified atom stereocenters. The second-order valence-corrected chi connectivity index (χ2v) is 4.60. The van der Waals surface area contributed by atoms with E-state index in [1.807, 2.05) is 30.3 Å². The fourth-order valence-electron chi connectivity index (χ4n) is 1.64. The van der Waals surface area contributed by atoms with Crippen molar-refractivity contribution >= 4 is 18.5 Å². The molecule has 17 heavy (non-hydrogen) atoms. The van der Waals surface area contributed by atoms with E-state index in [1.54, 1.807) is 0 Å². The van der Waals surface area contributed by atoms with Crippen LogP contribution in [0.3, 0.4) is 0 Å². The van der Waals surface area contributed by atoms with Crippen LogP contribution < -0.4 is 5.32 Å². The van der Waals surface area contributed by atoms with Gasteiger partial charge in [0.2, 0.25) is 5.91 Å². The van der Waals surface area contributed by atoms with Gasteiger partial charge in [0.25, 0.3) is 0 Å². The molecule has 0 aliphatic carbocycles. The van der Waals surface area contributed by atoms with E-state index < -0.39 is 0 Å². The van der Waals surface area contributed by atoms with Crippen molar-refractivity contribution in [3.8, 4) is 0 Å². The molecule has 0 aliphatic rings. The lowest BCUT2D eigenvalue weighted by Crippen LogP contribution is -2.22. The van der Waals surface area contributed by atoms with E-state index in [-0.39, 0.29) is 5.91 Å². The van der Waals surface area contributed by atoms with Crippen LogP contribution in [0.1, 0.15) is 37.7 Å². The highest BCUT2D eigenvalue weighted by Gasteiger charge is 2.00. The molecule has 0 radical (unpaired) electrons. The normalized spacial score (nSPS) is 10.2. The molecule has 1 rings (SSSR count). The van der Waals surface area contributed by atoms with Crippen molar-refractivity contribution in [1.82, 2.24) is 5.32 Å². The third-order valence-corrected chi connectivity index (χ3v) is 2.96. The number of unbranched alkanes of at least 4 members (excludes halogenated alkanes) is 3. The number of carbonyl (C=O) groups is 1. The maximum atomic E-state index is 11.5. The largest absolute Gasteiger partial charge is 0.352 e. The number of hydrogen-bond donors (Lipinski definition) is 2. The van der Waals surface area contributed by atoms with Crippen LogP contribution in [0.2, 0.25) is 0 Å². The van der Waals surface area contributed by atoms with Gasteiger partial charge in [0.05, 0.1) is 0 Å². The van der Waals surface area contributed by atoms with E-state index in [0.29, 0.717) is 13.0 Å². The SMILES string of the molecule is O=C(CCCCCCS)NCc1ccccc1. The summed E-state index contributed by atoms with van der Waals surface area (Å²) in [5.41, 5.74) is 1.15. The van der Waals surface area contributed by atoms with Gasteiger partial charge in [-0.3, -0.25) is 4.79 Å². The van der Waals surface area contributed by atoms with E-state index in [1.165, 1.54) is 6.42 Å². The summed E-state index contributed by atoms with van der Waals surface area (Å²) < 4.78 is 0. The molecule has 1 aromatic carbocycles. The topological polar surface area (TPSA) is 29.1 Å². The van der Waals surface area contributed by atoms with Crippen molar-refractivity contribution in [2.24, 2.45) is 0 Å². The van der Waals surface area contributed by atoms with Gasteiger partial charge in [0.15, 0.2) is 0 Å². The van der Waals surface area contributed by atoms with Gasteiger partial charge < -0.3 is 5.32 Å². The molecule has 1 aromatic rings. The minimum Gasteiger partial charge on any atom is -0.352 e. The Labute approximate surface area is 109 Å². The minimum atomic E-state index is 0.153. The van der Waals surface area contributed by atoms with Crippen LogP contribution in [-0.2, 0) is 11.3 Å². The van der Waals surface area contributed by atoms with Crippen molar-refractivity contribution in [2.45, 2.75) is 38.6 Å². The molecular formula is C14H21NOS. The molecule has 0 saturated heterocycles. The highest BCUT2D eigenvalue weighted by atomic mass is 32.1. The minimum absolute atomic E-state index is 0.153. The second-order valence-electron chi connectivity index (χ2n) is 4.15. The van der Waals surface area contributed by atoms with E-state index in [9.17, 15) is 4.79 Å². The molecule has 94 valence electrons. The predicted molar refractivity (Wildman–Crippen MR) is 75.2 cm³/mol. The molecule has 0 fully saturated rings. The van der Waals surface area contributed by atoms with Crippen molar-refractivity contribution < 1.29 is 4.79 Å². The third-order valence-electron chi connectivity index (χ3n) is 2.64. The average Bonchev–Trinajstić information content (AvgIpc) is 2.37. The molecule has 0 heterocycles. The van der Waals surface area contributed by atoms with Gasteiger partial charge in [0, 0.05) is 13.0 Å². The molecule has 0 bridgehead atoms. The highest BCUT2D eigenvalue weighted by molar-refractivity contribution is 7.80. The van der Waals surface area contributed by atoms with Crippen LogP contribution in [0.5, 0.6) is 0 Å². The molecule has 0 atom stereocenters. The molecule has 0 aliphatic heterocycles. The van der Waals surface area contributed by atoms with Crippen LogP contribution in [-0.4, -0.2) is 11.7 Å². The van der Waals surface area contributed by atoms with E-state index >= 15 is 0 Å². The van der Waals surface area contributed by atoms with Crippen LogP contribution in [0.15, 0.2) is 30.3 Å². The number of amides is 1. The Hall–Kier alpha value is -0.960. The van der Waals surface area contributed by atoms with Gasteiger partial charge in [-0.1, -0.05) is 43.2 Å². The first-order valence-corrected chi connectivity index (χ1v) is 6.87. The fraction of sp³-hybridized carbons (Fsp3) is 0.500. The number of benzene rings is 1. The quantitative estimate of drug-likeness (QED) is 0.539. The lowest BCUT2D eigenvalue weighted by molar-refractivity contribution is -0.121. The van der Waals surface area contributed by atoms with Crippen LogP contribution >= 0.6 is 12.6 Å². The predicted octanol–water partition coefficient (Wildman–Crippen LogP) is 3.18. The van der Waals surface area contributed by atoms with Crippen molar-refractivity contribution in [3.05, 3.63) is 35.9 Å². The maximum absolute atomic E-state index is 11.5. The maximum Gasteiger partial charge on any atom is 0.220 e. The van der Waals surface area contributed by atoms with Crippen molar-refractivity contribution in [3.63, 3.8) is 0 Å². The summed E-state index contributed by atoms with van der Waals surface area (Å²) in [6.07, 6.45) is 5.07. The molecule has 1 N–H and O–H groups in total. The molecule has 2 nitrogen and oxygen atoms in total. The zero-order valence-corrected chi connectivity index (χ0v) is 11.1. The highest BCUT2D eigenvalue weighted by Crippen LogP contribution is 2.04. The Morgan fingerprint density at radius 3 is 2.47 bits per heavy atom. The lowest BCUT2D eigenvalue weighted by Gasteiger charge is -2.05. The van der Waals surface area contributed by atoms with Gasteiger partial charge in [0.1, 0.15) is 0 Å². The van der Waals surface area contributed by atoms with Gasteiger partial charge in [-0.25, -0.2) is 0 Å². The van der Waals surface area contributed by atoms with E-state index in [0.717, 1.165) is 30.6 Å². The molecule has 1 amide bonds. The second kappa shape index (κ2) is 9.11. The number of nitrogens with one attached hydrogen (secondary N) is 1. The Bertz CT molecular complexity index is 313. The Kier molecular flexibility index (Phi) is 7.56. The number of thiol groups is 1. The fourth-order valence-corrected chi connectivity index (χ4v) is 1.86. The lowest BCUT2D eigenvalue weighted by atomic mass is 10.1. The van der Waals surface area contributed by atoms with Gasteiger partial charge >= 0.3 is 0 Å². The molecule has 0 spiro atoms. The van der Waals surface area contributed by atoms with E-state index in [2.05, 4.69) is 17.9 Å². The Morgan fingerprint density at radius 2 is 1.76 bits per heavy atom. The zero-order valence-electron chi connectivity index (χ0n) is 10.2. The zero-order chi connectivity index (χ0) is 12.3. The first kappa shape index (κ1) is 14.1. The van der Waals surface area contributed by atoms with Crippen LogP contribution in [0.25, 0.3) is 0 Å². The molecule has 3 heteroatoms. The van der Waals surface area contributed by atoms with Crippen molar-refractivity contribution in [2.75, 3.05) is 5.75 Å². The monoisotopic (exact) mass is 251 g/mol. The van der Waals surface area contributed by atoms with Gasteiger partial charge in [-0.15, -0.1) is 0 Å². The average molecular weight is 251 g/mol. The first-order valence-electron chi connectivity index (χ1n) is 6.24. The Morgan fingerprint density at radius 1 is 1.06 bits per heavy atom. The van der Waals surface area contributed by atoms with Crippen LogP contribution in [0.4, 0.5) is 0 Å². The summed E-state index contributed by atoms with van der Waals surface area (Å²) in [5, 5.41) is 2.94. The number of rotatable bonds is 8. The first-order chi connectivity index (χ1) is 8.33. The number of carbonyl (C=O) groups excluding carboxylic acids is 1. The summed E-state index contributed by atoms with van der Waals surface area (Å²) in [4.78, 5) is 11.5. The molecule has 0 aromatic heterocycles. The Balaban J connectivity index is 2.05. The van der Waals surface area contributed by atoms with Gasteiger partial charge in [-0.05, 0) is 24.2 Å². The molecule has 0 saturated carbocycles. The van der Waals surface area contributed by atoms with Crippen molar-refractivity contribution in [1.29, 1.82) is 0 Å². The summed E-state index contributed by atoms with van der Waals surface area (Å²) in [5.74, 6) is 1.10. The smallest absolute Gasteiger partial charge is 0.220 e. The van der Waals surface area contributed by atoms with Gasteiger partial charge in [-0.2, -0.15) is 12.6 Å². The standard InChI is InChI=1S/C14H21NOS/c16-14(10-6-1-2-7-11-17)15-12-13-8-4-3-5-9-13/h3-5,8-9,17H,1-2,6-7,10-12H2,(H,15,16). The number of hydrogen-bond acceptors (Lipinski definition) is 2. The van der Waals surface area contributed by atoms with E-state index in [4.69, 9.17) is 0 Å². The summed E-state index contributed by atoms with van der Waals surface area (Å²) in [6.45, 7) is 0.635. The summed E-state index contributed by atoms with van der Waals surface area (Å²) in [6, 6.07) is 9.99. The third kappa shape index (κ3) is 7.05. The molecular weight excluding hydrogens is 230 g/mol. The van der Waals surface area contributed by atoms with Crippen LogP contribution in [0, 0.1) is 0 Å². The summed E-state index contributed by atoms with van der Waals surface area (Å²) in [7, 11) is 0.